The van der Waals surface area contributed by atoms with E-state index in [1.165, 1.54) is 0 Å². The number of hydrogen-bond acceptors (Lipinski definition) is 2. The molecule has 0 aliphatic rings. The molecule has 0 rings (SSSR count). The molecule has 0 heterocycles. The van der Waals surface area contributed by atoms with E-state index in [9.17, 15) is 13.2 Å². The Morgan fingerprint density at radius 2 is 1.44 bits per heavy atom. The van der Waals surface area contributed by atoms with Crippen LogP contribution in [0.25, 0.3) is 0 Å². The van der Waals surface area contributed by atoms with Gasteiger partial charge in [0, 0.05) is 0 Å². The van der Waals surface area contributed by atoms with Gasteiger partial charge in [-0.3, -0.25) is 4.21 Å². The smallest absolute Gasteiger partial charge is 0.458 e. The van der Waals surface area contributed by atoms with Crippen LogP contribution in [0.5, 0.6) is 0 Å². The molecule has 0 aliphatic carbocycles. The van der Waals surface area contributed by atoms with Crippen LogP contribution in [0, 0.1) is 0 Å². The Bertz CT molecular complexity index is 99.7. The van der Waals surface area contributed by atoms with E-state index >= 15 is 0 Å². The number of hydrogen-bond donors (Lipinski definition) is 0. The van der Waals surface area contributed by atoms with Crippen molar-refractivity contribution in [3.05, 3.63) is 13.2 Å². The maximum absolute atomic E-state index is 10.6. The van der Waals surface area contributed by atoms with Crippen LogP contribution in [0.3, 0.4) is 0 Å². The molecular weight excluding hydrogens is 157 g/mol. The third-order valence-corrected chi connectivity index (χ3v) is 0.567. The molecule has 0 radical (unpaired) electrons. The van der Waals surface area contributed by atoms with Gasteiger partial charge in [-0.05, 0) is 0 Å². The highest BCUT2D eigenvalue weighted by Crippen LogP contribution is 2.16. The number of halogens is 3. The highest BCUT2D eigenvalue weighted by Gasteiger charge is 2.28. The van der Waals surface area contributed by atoms with E-state index in [0.717, 1.165) is 0 Å². The van der Waals surface area contributed by atoms with Gasteiger partial charge in [0.1, 0.15) is 0 Å². The van der Waals surface area contributed by atoms with Crippen molar-refractivity contribution in [1.29, 1.82) is 0 Å². The standard InChI is InChI=1S/C2H4.CHF3O2S/c1-2;2-1(3,4)7(5)6/h1-2H2;(H,5,6)/p-1. The summed E-state index contributed by atoms with van der Waals surface area (Å²) < 4.78 is 49.5. The minimum absolute atomic E-state index is 3.00. The second-order valence-corrected chi connectivity index (χ2v) is 1.61. The van der Waals surface area contributed by atoms with Crippen molar-refractivity contribution in [3.8, 4) is 0 Å². The maximum atomic E-state index is 10.6. The van der Waals surface area contributed by atoms with Gasteiger partial charge in [0.25, 0.3) is 0 Å². The van der Waals surface area contributed by atoms with Crippen LogP contribution in [0.1, 0.15) is 0 Å². The van der Waals surface area contributed by atoms with Crippen LogP contribution in [0.15, 0.2) is 13.2 Å². The van der Waals surface area contributed by atoms with Crippen molar-refractivity contribution in [3.63, 3.8) is 0 Å². The highest BCUT2D eigenvalue weighted by molar-refractivity contribution is 7.80. The molecule has 2 nitrogen and oxygen atoms in total. The van der Waals surface area contributed by atoms with Crippen LogP contribution < -0.4 is 0 Å². The van der Waals surface area contributed by atoms with Crippen LogP contribution in [-0.2, 0) is 11.1 Å². The van der Waals surface area contributed by atoms with E-state index in [0.29, 0.717) is 0 Å². The van der Waals surface area contributed by atoms with Gasteiger partial charge in [0.05, 0.1) is 11.1 Å². The van der Waals surface area contributed by atoms with Crippen molar-refractivity contribution in [2.75, 3.05) is 0 Å². The minimum Gasteiger partial charge on any atom is -0.766 e. The molecule has 0 aromatic rings. The maximum Gasteiger partial charge on any atom is 0.458 e. The third kappa shape index (κ3) is 7.64. The van der Waals surface area contributed by atoms with Gasteiger partial charge >= 0.3 is 5.51 Å². The molecule has 6 heteroatoms. The van der Waals surface area contributed by atoms with Gasteiger partial charge in [-0.1, -0.05) is 0 Å². The molecule has 0 fully saturated rings. The molecule has 0 saturated heterocycles. The van der Waals surface area contributed by atoms with Gasteiger partial charge in [0.2, 0.25) is 0 Å². The van der Waals surface area contributed by atoms with Crippen LogP contribution in [0.4, 0.5) is 13.2 Å². The van der Waals surface area contributed by atoms with Gasteiger partial charge in [-0.15, -0.1) is 13.2 Å². The molecular formula is C3H4F3O2S-. The summed E-state index contributed by atoms with van der Waals surface area (Å²) in [6.45, 7) is 6.00. The lowest BCUT2D eigenvalue weighted by Crippen LogP contribution is -2.14. The van der Waals surface area contributed by atoms with E-state index in [-0.39, 0.29) is 0 Å². The molecule has 0 bridgehead atoms. The normalized spacial score (nSPS) is 13.3. The molecule has 0 saturated carbocycles. The Morgan fingerprint density at radius 1 is 1.33 bits per heavy atom. The summed E-state index contributed by atoms with van der Waals surface area (Å²) in [5, 5.41) is 0. The van der Waals surface area contributed by atoms with Crippen molar-refractivity contribution >= 4 is 11.1 Å². The molecule has 9 heavy (non-hydrogen) atoms. The second-order valence-electron chi connectivity index (χ2n) is 0.680. The second kappa shape index (κ2) is 4.51. The number of rotatable bonds is 0. The Hall–Kier alpha value is -0.360. The first-order chi connectivity index (χ1) is 3.94. The zero-order chi connectivity index (χ0) is 8.08. The van der Waals surface area contributed by atoms with Crippen LogP contribution in [0.2, 0.25) is 0 Å². The minimum atomic E-state index is -5.08. The van der Waals surface area contributed by atoms with Gasteiger partial charge in [-0.2, -0.15) is 13.2 Å². The highest BCUT2D eigenvalue weighted by atomic mass is 32.2. The first-order valence-electron chi connectivity index (χ1n) is 1.60. The Balaban J connectivity index is 0. The van der Waals surface area contributed by atoms with Crippen molar-refractivity contribution in [2.45, 2.75) is 5.51 Å². The molecule has 56 valence electrons. The van der Waals surface area contributed by atoms with Crippen molar-refractivity contribution in [1.82, 2.24) is 0 Å². The third-order valence-electron chi connectivity index (χ3n) is 0.189. The number of alkyl halides is 3. The summed E-state index contributed by atoms with van der Waals surface area (Å²) in [7, 11) is 0. The first-order valence-corrected chi connectivity index (χ1v) is 2.68. The van der Waals surface area contributed by atoms with Crippen molar-refractivity contribution < 1.29 is 21.9 Å². The molecule has 0 N–H and O–H groups in total. The zero-order valence-electron chi connectivity index (χ0n) is 4.27. The Kier molecular flexibility index (Phi) is 5.73. The Labute approximate surface area is 52.7 Å². The lowest BCUT2D eigenvalue weighted by Gasteiger charge is -2.06. The van der Waals surface area contributed by atoms with E-state index < -0.39 is 16.6 Å². The summed E-state index contributed by atoms with van der Waals surface area (Å²) in [4.78, 5) is 0. The average molecular weight is 161 g/mol. The lowest BCUT2D eigenvalue weighted by atomic mass is 11.3. The summed E-state index contributed by atoms with van der Waals surface area (Å²) in [5.41, 5.74) is -5.08. The predicted octanol–water partition coefficient (Wildman–Crippen LogP) is 1.19. The summed E-state index contributed by atoms with van der Waals surface area (Å²) in [6.07, 6.45) is 0. The van der Waals surface area contributed by atoms with Crippen LogP contribution >= 0.6 is 0 Å². The molecule has 0 spiro atoms. The summed E-state index contributed by atoms with van der Waals surface area (Å²) >= 11 is -3.93. The molecule has 1 atom stereocenters. The Morgan fingerprint density at radius 3 is 1.44 bits per heavy atom. The molecule has 0 amide bonds. The SMILES string of the molecule is C=C.O=S([O-])C(F)(F)F. The summed E-state index contributed by atoms with van der Waals surface area (Å²) in [5.74, 6) is 0. The van der Waals surface area contributed by atoms with Gasteiger partial charge in [-0.25, -0.2) is 0 Å². The van der Waals surface area contributed by atoms with E-state index in [1.54, 1.807) is 0 Å². The molecule has 0 aromatic heterocycles. The quantitative estimate of drug-likeness (QED) is 0.395. The van der Waals surface area contributed by atoms with Crippen LogP contribution in [-0.4, -0.2) is 14.3 Å². The summed E-state index contributed by atoms with van der Waals surface area (Å²) in [6, 6.07) is 0. The van der Waals surface area contributed by atoms with E-state index in [4.69, 9.17) is 8.76 Å². The molecule has 1 unspecified atom stereocenters. The monoisotopic (exact) mass is 161 g/mol. The molecule has 0 aromatic carbocycles. The predicted molar refractivity (Wildman–Crippen MR) is 26.2 cm³/mol. The van der Waals surface area contributed by atoms with E-state index in [1.807, 2.05) is 0 Å². The lowest BCUT2D eigenvalue weighted by molar-refractivity contribution is -0.0452. The average Bonchev–Trinajstić information content (AvgIpc) is 1.69. The van der Waals surface area contributed by atoms with Gasteiger partial charge < -0.3 is 4.55 Å². The fourth-order valence-corrected chi connectivity index (χ4v) is 0. The van der Waals surface area contributed by atoms with Gasteiger partial charge in [0.15, 0.2) is 0 Å². The molecule has 0 aliphatic heterocycles. The fourth-order valence-electron chi connectivity index (χ4n) is 0. The first kappa shape index (κ1) is 11.4. The van der Waals surface area contributed by atoms with E-state index in [2.05, 4.69) is 13.2 Å². The topological polar surface area (TPSA) is 40.1 Å². The largest absolute Gasteiger partial charge is 0.766 e. The fraction of sp³-hybridized carbons (Fsp3) is 0.333. The van der Waals surface area contributed by atoms with Crippen molar-refractivity contribution in [2.24, 2.45) is 0 Å². The zero-order valence-corrected chi connectivity index (χ0v) is 5.09.